The molecule has 4 nitrogen and oxygen atoms in total. The molecule has 1 aliphatic heterocycles. The number of hydrogen-bond acceptors (Lipinski definition) is 3. The Bertz CT molecular complexity index is 277. The number of carbonyl (C=O) groups is 1. The van der Waals surface area contributed by atoms with E-state index in [1.165, 1.54) is 0 Å². The number of rotatable bonds is 5. The second kappa shape index (κ2) is 6.53. The molecule has 2 aliphatic rings. The molecule has 1 amide bonds. The number of nitrogens with zero attached hydrogens (tertiary/aromatic N) is 1. The van der Waals surface area contributed by atoms with Crippen LogP contribution in [-0.2, 0) is 9.53 Å². The van der Waals surface area contributed by atoms with Crippen LogP contribution in [0.4, 0.5) is 0 Å². The van der Waals surface area contributed by atoms with Crippen LogP contribution in [0.5, 0.6) is 0 Å². The number of ether oxygens (including phenoxy) is 1. The number of amides is 1. The van der Waals surface area contributed by atoms with Gasteiger partial charge in [0.15, 0.2) is 0 Å². The van der Waals surface area contributed by atoms with Gasteiger partial charge in [0.05, 0.1) is 6.10 Å². The minimum atomic E-state index is 0.163. The Morgan fingerprint density at radius 1 is 1.33 bits per heavy atom. The average Bonchev–Trinajstić information content (AvgIpc) is 3.05. The van der Waals surface area contributed by atoms with E-state index in [2.05, 4.69) is 6.92 Å². The molecular weight excluding hydrogens is 228 g/mol. The van der Waals surface area contributed by atoms with E-state index in [-0.39, 0.29) is 12.0 Å². The maximum Gasteiger partial charge on any atom is 0.226 e. The van der Waals surface area contributed by atoms with Crippen LogP contribution in [0.2, 0.25) is 0 Å². The molecule has 1 unspecified atom stereocenters. The van der Waals surface area contributed by atoms with Crippen LogP contribution in [0.3, 0.4) is 0 Å². The van der Waals surface area contributed by atoms with Crippen LogP contribution in [0.1, 0.15) is 39.0 Å². The summed E-state index contributed by atoms with van der Waals surface area (Å²) in [7, 11) is 0. The van der Waals surface area contributed by atoms with Gasteiger partial charge in [0, 0.05) is 25.6 Å². The SMILES string of the molecule is CCN(CC1CCCO1)C(=O)[C@@H]1CCC[C@@H]1CN. The van der Waals surface area contributed by atoms with Gasteiger partial charge in [-0.2, -0.15) is 0 Å². The van der Waals surface area contributed by atoms with E-state index in [0.29, 0.717) is 18.4 Å². The maximum atomic E-state index is 12.5. The quantitative estimate of drug-likeness (QED) is 0.806. The van der Waals surface area contributed by atoms with Crippen molar-refractivity contribution < 1.29 is 9.53 Å². The molecule has 4 heteroatoms. The lowest BCUT2D eigenvalue weighted by atomic mass is 9.94. The van der Waals surface area contributed by atoms with Gasteiger partial charge >= 0.3 is 0 Å². The molecule has 18 heavy (non-hydrogen) atoms. The summed E-state index contributed by atoms with van der Waals surface area (Å²) in [6, 6.07) is 0. The van der Waals surface area contributed by atoms with Gasteiger partial charge in [-0.25, -0.2) is 0 Å². The Balaban J connectivity index is 1.91. The predicted molar refractivity (Wildman–Crippen MR) is 71.1 cm³/mol. The van der Waals surface area contributed by atoms with Gasteiger partial charge < -0.3 is 15.4 Å². The number of nitrogens with two attached hydrogens (primary N) is 1. The van der Waals surface area contributed by atoms with Crippen molar-refractivity contribution in [2.75, 3.05) is 26.2 Å². The van der Waals surface area contributed by atoms with Gasteiger partial charge in [-0.15, -0.1) is 0 Å². The number of carbonyl (C=O) groups excluding carboxylic acids is 1. The predicted octanol–water partition coefficient (Wildman–Crippen LogP) is 1.39. The third-order valence-corrected chi connectivity index (χ3v) is 4.42. The summed E-state index contributed by atoms with van der Waals surface area (Å²) in [5, 5.41) is 0. The molecule has 2 N–H and O–H groups in total. The zero-order valence-electron chi connectivity index (χ0n) is 11.4. The lowest BCUT2D eigenvalue weighted by Crippen LogP contribution is -2.42. The highest BCUT2D eigenvalue weighted by molar-refractivity contribution is 5.79. The molecule has 2 rings (SSSR count). The standard InChI is InChI=1S/C14H26N2O2/c1-2-16(10-12-6-4-8-18-12)14(17)13-7-3-5-11(13)9-15/h11-13H,2-10,15H2,1H3/t11-,12?,13-/m1/s1. The summed E-state index contributed by atoms with van der Waals surface area (Å²) in [5.74, 6) is 0.869. The van der Waals surface area contributed by atoms with Crippen LogP contribution in [-0.4, -0.2) is 43.2 Å². The minimum Gasteiger partial charge on any atom is -0.376 e. The Hall–Kier alpha value is -0.610. The van der Waals surface area contributed by atoms with Crippen LogP contribution in [0, 0.1) is 11.8 Å². The van der Waals surface area contributed by atoms with Gasteiger partial charge in [0.2, 0.25) is 5.91 Å². The second-order valence-electron chi connectivity index (χ2n) is 5.55. The fourth-order valence-electron chi connectivity index (χ4n) is 3.29. The Labute approximate surface area is 110 Å². The number of hydrogen-bond donors (Lipinski definition) is 1. The van der Waals surface area contributed by atoms with E-state index in [4.69, 9.17) is 10.5 Å². The third-order valence-electron chi connectivity index (χ3n) is 4.42. The van der Waals surface area contributed by atoms with Crippen molar-refractivity contribution in [1.29, 1.82) is 0 Å². The van der Waals surface area contributed by atoms with Crippen molar-refractivity contribution in [2.45, 2.75) is 45.1 Å². The normalized spacial score (nSPS) is 31.8. The molecule has 104 valence electrons. The molecule has 0 spiro atoms. The summed E-state index contributed by atoms with van der Waals surface area (Å²) in [4.78, 5) is 14.5. The molecule has 2 fully saturated rings. The lowest BCUT2D eigenvalue weighted by Gasteiger charge is -2.28. The van der Waals surface area contributed by atoms with E-state index >= 15 is 0 Å². The van der Waals surface area contributed by atoms with Crippen molar-refractivity contribution >= 4 is 5.91 Å². The average molecular weight is 254 g/mol. The fraction of sp³-hybridized carbons (Fsp3) is 0.929. The molecule has 0 aromatic rings. The van der Waals surface area contributed by atoms with Gasteiger partial charge in [-0.3, -0.25) is 4.79 Å². The van der Waals surface area contributed by atoms with Crippen LogP contribution >= 0.6 is 0 Å². The highest BCUT2D eigenvalue weighted by Gasteiger charge is 2.35. The summed E-state index contributed by atoms with van der Waals surface area (Å²) in [6.07, 6.45) is 5.76. The van der Waals surface area contributed by atoms with Crippen molar-refractivity contribution in [3.8, 4) is 0 Å². The molecule has 1 heterocycles. The van der Waals surface area contributed by atoms with Crippen LogP contribution < -0.4 is 5.73 Å². The van der Waals surface area contributed by atoms with Crippen molar-refractivity contribution in [1.82, 2.24) is 4.90 Å². The smallest absolute Gasteiger partial charge is 0.226 e. The fourth-order valence-corrected chi connectivity index (χ4v) is 3.29. The van der Waals surface area contributed by atoms with E-state index in [9.17, 15) is 4.79 Å². The molecule has 0 bridgehead atoms. The summed E-state index contributed by atoms with van der Waals surface area (Å²) < 4.78 is 5.63. The topological polar surface area (TPSA) is 55.6 Å². The van der Waals surface area contributed by atoms with Crippen molar-refractivity contribution in [3.05, 3.63) is 0 Å². The van der Waals surface area contributed by atoms with Gasteiger partial charge in [-0.1, -0.05) is 6.42 Å². The van der Waals surface area contributed by atoms with E-state index in [1.807, 2.05) is 4.90 Å². The van der Waals surface area contributed by atoms with Crippen LogP contribution in [0.15, 0.2) is 0 Å². The molecule has 0 aromatic carbocycles. The van der Waals surface area contributed by atoms with Gasteiger partial charge in [0.1, 0.15) is 0 Å². The van der Waals surface area contributed by atoms with Crippen molar-refractivity contribution in [3.63, 3.8) is 0 Å². The maximum absolute atomic E-state index is 12.5. The largest absolute Gasteiger partial charge is 0.376 e. The first-order valence-corrected chi connectivity index (χ1v) is 7.36. The second-order valence-corrected chi connectivity index (χ2v) is 5.55. The van der Waals surface area contributed by atoms with Gasteiger partial charge in [0.25, 0.3) is 0 Å². The summed E-state index contributed by atoms with van der Waals surface area (Å²) in [6.45, 7) is 5.11. The highest BCUT2D eigenvalue weighted by Crippen LogP contribution is 2.32. The zero-order chi connectivity index (χ0) is 13.0. The van der Waals surface area contributed by atoms with Crippen molar-refractivity contribution in [2.24, 2.45) is 17.6 Å². The first-order chi connectivity index (χ1) is 8.76. The highest BCUT2D eigenvalue weighted by atomic mass is 16.5. The summed E-state index contributed by atoms with van der Waals surface area (Å²) in [5.41, 5.74) is 5.77. The lowest BCUT2D eigenvalue weighted by molar-refractivity contribution is -0.138. The molecule has 0 radical (unpaired) electrons. The zero-order valence-corrected chi connectivity index (χ0v) is 11.4. The number of likely N-dealkylation sites (N-methyl/N-ethyl adjacent to an activating group) is 1. The molecule has 0 aromatic heterocycles. The minimum absolute atomic E-state index is 0.163. The molecule has 1 aliphatic carbocycles. The van der Waals surface area contributed by atoms with Crippen LogP contribution in [0.25, 0.3) is 0 Å². The Morgan fingerprint density at radius 2 is 2.17 bits per heavy atom. The molecule has 3 atom stereocenters. The van der Waals surface area contributed by atoms with Gasteiger partial charge in [-0.05, 0) is 45.1 Å². The Morgan fingerprint density at radius 3 is 2.78 bits per heavy atom. The Kier molecular flexibility index (Phi) is 5.01. The van der Waals surface area contributed by atoms with E-state index in [0.717, 1.165) is 51.8 Å². The monoisotopic (exact) mass is 254 g/mol. The molecular formula is C14H26N2O2. The van der Waals surface area contributed by atoms with E-state index in [1.54, 1.807) is 0 Å². The van der Waals surface area contributed by atoms with E-state index < -0.39 is 0 Å². The third kappa shape index (κ3) is 3.04. The molecule has 1 saturated carbocycles. The first kappa shape index (κ1) is 13.8. The first-order valence-electron chi connectivity index (χ1n) is 7.36. The molecule has 1 saturated heterocycles. The summed E-state index contributed by atoms with van der Waals surface area (Å²) >= 11 is 0.